The second kappa shape index (κ2) is 7.86. The van der Waals surface area contributed by atoms with Gasteiger partial charge in [0.25, 0.3) is 0 Å². The summed E-state index contributed by atoms with van der Waals surface area (Å²) >= 11 is 0. The number of aromatic amines is 1. The minimum absolute atomic E-state index is 0.0387. The van der Waals surface area contributed by atoms with Crippen LogP contribution >= 0.6 is 0 Å². The Balaban J connectivity index is 1.90. The van der Waals surface area contributed by atoms with E-state index in [4.69, 9.17) is 5.10 Å². The van der Waals surface area contributed by atoms with Gasteiger partial charge in [0.1, 0.15) is 5.69 Å². The fraction of sp³-hybridized carbons (Fsp3) is 0.360. The van der Waals surface area contributed by atoms with Gasteiger partial charge in [-0.05, 0) is 79.0 Å². The summed E-state index contributed by atoms with van der Waals surface area (Å²) in [4.78, 5) is 15.5. The largest absolute Gasteiger partial charge is 0.367 e. The number of ketones is 1. The van der Waals surface area contributed by atoms with Crippen molar-refractivity contribution in [2.24, 2.45) is 0 Å². The molecule has 0 saturated carbocycles. The zero-order valence-corrected chi connectivity index (χ0v) is 17.7. The minimum Gasteiger partial charge on any atom is -0.367 e. The van der Waals surface area contributed by atoms with E-state index >= 15 is 0 Å². The fourth-order valence-electron chi connectivity index (χ4n) is 4.28. The van der Waals surface area contributed by atoms with Gasteiger partial charge in [0.2, 0.25) is 0 Å². The van der Waals surface area contributed by atoms with Crippen LogP contribution in [0.5, 0.6) is 0 Å². The molecule has 150 valence electrons. The predicted molar refractivity (Wildman–Crippen MR) is 119 cm³/mol. The number of carbonyl (C=O) groups is 1. The summed E-state index contributed by atoms with van der Waals surface area (Å²) in [6, 6.07) is 8.70. The molecule has 29 heavy (non-hydrogen) atoms. The number of nitrogens with one attached hydrogen (secondary N) is 1. The van der Waals surface area contributed by atoms with Crippen molar-refractivity contribution in [2.75, 3.05) is 0 Å². The van der Waals surface area contributed by atoms with Crippen molar-refractivity contribution in [3.63, 3.8) is 0 Å². The Morgan fingerprint density at radius 1 is 1.31 bits per heavy atom. The van der Waals surface area contributed by atoms with E-state index in [0.29, 0.717) is 11.6 Å². The predicted octanol–water partition coefficient (Wildman–Crippen LogP) is 6.10. The Bertz CT molecular complexity index is 1070. The van der Waals surface area contributed by atoms with E-state index in [2.05, 4.69) is 56.1 Å². The van der Waals surface area contributed by atoms with E-state index in [1.165, 1.54) is 16.7 Å². The van der Waals surface area contributed by atoms with Crippen LogP contribution in [-0.4, -0.2) is 20.5 Å². The lowest BCUT2D eigenvalue weighted by molar-refractivity contribution is 0.101. The van der Waals surface area contributed by atoms with E-state index in [9.17, 15) is 4.79 Å². The van der Waals surface area contributed by atoms with E-state index in [1.54, 1.807) is 6.92 Å². The third kappa shape index (κ3) is 3.59. The molecule has 2 heterocycles. The fourth-order valence-corrected chi connectivity index (χ4v) is 4.28. The Morgan fingerprint density at radius 2 is 2.14 bits per heavy atom. The van der Waals surface area contributed by atoms with Gasteiger partial charge in [0, 0.05) is 24.9 Å². The highest BCUT2D eigenvalue weighted by atomic mass is 16.1. The van der Waals surface area contributed by atoms with Crippen molar-refractivity contribution >= 4 is 17.4 Å². The van der Waals surface area contributed by atoms with Crippen molar-refractivity contribution < 1.29 is 4.79 Å². The maximum absolute atomic E-state index is 12.4. The summed E-state index contributed by atoms with van der Waals surface area (Å²) in [5, 5.41) is 4.82. The Kier molecular flexibility index (Phi) is 5.27. The topological polar surface area (TPSA) is 50.7 Å². The maximum Gasteiger partial charge on any atom is 0.180 e. The van der Waals surface area contributed by atoms with Gasteiger partial charge in [-0.3, -0.25) is 4.79 Å². The van der Waals surface area contributed by atoms with Crippen molar-refractivity contribution in [1.29, 1.82) is 0 Å². The number of fused-ring (bicyclic) bond motifs is 1. The number of Topliss-reactive ketones (excluding diaryl/α,β-unsaturated/α-hetero) is 1. The van der Waals surface area contributed by atoms with Crippen LogP contribution < -0.4 is 0 Å². The number of aromatic nitrogens is 3. The van der Waals surface area contributed by atoms with E-state index in [-0.39, 0.29) is 5.78 Å². The van der Waals surface area contributed by atoms with E-state index < -0.39 is 0 Å². The molecule has 1 aromatic carbocycles. The normalized spacial score (nSPS) is 16.1. The lowest BCUT2D eigenvalue weighted by atomic mass is 9.89. The molecular weight excluding hydrogens is 358 g/mol. The monoisotopic (exact) mass is 387 g/mol. The van der Waals surface area contributed by atoms with Crippen LogP contribution in [0.4, 0.5) is 0 Å². The molecule has 0 bridgehead atoms. The Hall–Kier alpha value is -2.88. The molecule has 0 amide bonds. The molecular formula is C25H29N3O. The molecule has 4 nitrogen and oxygen atoms in total. The number of aryl methyl sites for hydroxylation is 1. The van der Waals surface area contributed by atoms with Gasteiger partial charge in [-0.15, -0.1) is 0 Å². The molecule has 0 spiro atoms. The van der Waals surface area contributed by atoms with Crippen molar-refractivity contribution in [3.8, 4) is 5.69 Å². The molecule has 3 aromatic rings. The van der Waals surface area contributed by atoms with Gasteiger partial charge in [0.05, 0.1) is 11.4 Å². The number of rotatable bonds is 5. The number of benzene rings is 1. The average molecular weight is 388 g/mol. The first-order valence-corrected chi connectivity index (χ1v) is 10.6. The smallest absolute Gasteiger partial charge is 0.180 e. The summed E-state index contributed by atoms with van der Waals surface area (Å²) < 4.78 is 2.01. The molecule has 4 rings (SSSR count). The van der Waals surface area contributed by atoms with Crippen LogP contribution in [0.1, 0.15) is 84.4 Å². The molecule has 1 N–H and O–H groups in total. The molecule has 1 atom stereocenters. The molecule has 0 aliphatic heterocycles. The van der Waals surface area contributed by atoms with Crippen molar-refractivity contribution in [3.05, 3.63) is 70.3 Å². The van der Waals surface area contributed by atoms with Crippen molar-refractivity contribution in [1.82, 2.24) is 14.8 Å². The Morgan fingerprint density at radius 3 is 2.79 bits per heavy atom. The number of hydrogen-bond donors (Lipinski definition) is 1. The average Bonchev–Trinajstić information content (AvgIpc) is 3.35. The number of carbonyl (C=O) groups excluding carboxylic acids is 1. The zero-order chi connectivity index (χ0) is 20.5. The van der Waals surface area contributed by atoms with Gasteiger partial charge in [-0.2, -0.15) is 5.10 Å². The summed E-state index contributed by atoms with van der Waals surface area (Å²) in [7, 11) is 0. The summed E-state index contributed by atoms with van der Waals surface area (Å²) in [6.07, 6.45) is 10.2. The lowest BCUT2D eigenvalue weighted by Crippen LogP contribution is -2.09. The van der Waals surface area contributed by atoms with Gasteiger partial charge >= 0.3 is 0 Å². The number of hydrogen-bond acceptors (Lipinski definition) is 2. The Labute approximate surface area is 172 Å². The van der Waals surface area contributed by atoms with Crippen LogP contribution in [0.2, 0.25) is 0 Å². The van der Waals surface area contributed by atoms with Gasteiger partial charge < -0.3 is 4.98 Å². The van der Waals surface area contributed by atoms with Crippen LogP contribution in [0.15, 0.2) is 36.7 Å². The molecule has 0 radical (unpaired) electrons. The highest BCUT2D eigenvalue weighted by Gasteiger charge is 2.27. The van der Waals surface area contributed by atoms with Crippen molar-refractivity contribution in [2.45, 2.75) is 59.3 Å². The quantitative estimate of drug-likeness (QED) is 0.538. The maximum atomic E-state index is 12.4. The molecule has 1 aliphatic rings. The summed E-state index contributed by atoms with van der Waals surface area (Å²) in [5.74, 6) is 0.572. The third-order valence-electron chi connectivity index (χ3n) is 6.09. The SMILES string of the molecule is CCC(C)c1ccc(-n2nc(C(C)=O)c3c2/C(=C/c2cc[nH]c2)CCC3)c(C)c1. The molecule has 2 aromatic heterocycles. The molecule has 0 saturated heterocycles. The van der Waals surface area contributed by atoms with E-state index in [1.807, 2.05) is 17.1 Å². The van der Waals surface area contributed by atoms with Gasteiger partial charge in [-0.1, -0.05) is 26.0 Å². The summed E-state index contributed by atoms with van der Waals surface area (Å²) in [6.45, 7) is 8.24. The van der Waals surface area contributed by atoms with E-state index in [0.717, 1.165) is 48.2 Å². The first kappa shape index (κ1) is 19.4. The standard InChI is InChI=1S/C25H29N3O/c1-5-16(2)20-9-10-23(17(3)13-20)28-25-21(14-19-11-12-26-15-19)7-6-8-22(25)24(27-28)18(4)29/h9-16,26H,5-8H2,1-4H3/b21-14+. The van der Waals surface area contributed by atoms with Gasteiger partial charge in [-0.25, -0.2) is 4.68 Å². The highest BCUT2D eigenvalue weighted by Crippen LogP contribution is 2.37. The number of H-pyrrole nitrogens is 1. The molecule has 0 fully saturated rings. The first-order chi connectivity index (χ1) is 14.0. The highest BCUT2D eigenvalue weighted by molar-refractivity contribution is 5.96. The molecule has 4 heteroatoms. The summed E-state index contributed by atoms with van der Waals surface area (Å²) in [5.41, 5.74) is 8.80. The lowest BCUT2D eigenvalue weighted by Gasteiger charge is -2.20. The second-order valence-electron chi connectivity index (χ2n) is 8.17. The molecule has 1 unspecified atom stereocenters. The number of allylic oxidation sites excluding steroid dienone is 1. The van der Waals surface area contributed by atoms with Crippen LogP contribution in [-0.2, 0) is 6.42 Å². The minimum atomic E-state index is 0.0387. The third-order valence-corrected chi connectivity index (χ3v) is 6.09. The van der Waals surface area contributed by atoms with Crippen LogP contribution in [0, 0.1) is 6.92 Å². The second-order valence-corrected chi connectivity index (χ2v) is 8.17. The van der Waals surface area contributed by atoms with Gasteiger partial charge in [0.15, 0.2) is 5.78 Å². The molecule has 1 aliphatic carbocycles. The first-order valence-electron chi connectivity index (χ1n) is 10.6. The van der Waals surface area contributed by atoms with Crippen LogP contribution in [0.3, 0.4) is 0 Å². The zero-order valence-electron chi connectivity index (χ0n) is 17.7. The number of nitrogens with zero attached hydrogens (tertiary/aromatic N) is 2. The van der Waals surface area contributed by atoms with Crippen LogP contribution in [0.25, 0.3) is 17.3 Å².